The number of hydrogen-bond donors (Lipinski definition) is 1. The molecule has 5 aromatic rings. The smallest absolute Gasteiger partial charge is 0.344 e. The highest BCUT2D eigenvalue weighted by Gasteiger charge is 2.25. The minimum Gasteiger partial charge on any atom is -0.494 e. The fourth-order valence-electron chi connectivity index (χ4n) is 8.76. The Bertz CT molecular complexity index is 2990. The van der Waals surface area contributed by atoms with E-state index in [0.29, 0.717) is 49.1 Å². The van der Waals surface area contributed by atoms with E-state index in [-0.39, 0.29) is 76.6 Å². The van der Waals surface area contributed by atoms with Gasteiger partial charge in [-0.3, -0.25) is 10.1 Å². The van der Waals surface area contributed by atoms with Crippen molar-refractivity contribution in [3.05, 3.63) is 161 Å². The number of nitro benzene ring substituents is 1. The third-order valence-corrected chi connectivity index (χ3v) is 13.5. The average Bonchev–Trinajstić information content (AvgIpc) is 1.50. The topological polar surface area (TPSA) is 255 Å². The van der Waals surface area contributed by atoms with Gasteiger partial charge in [-0.25, -0.2) is 28.8 Å². The van der Waals surface area contributed by atoms with Gasteiger partial charge in [0.2, 0.25) is 0 Å². The van der Waals surface area contributed by atoms with Gasteiger partial charge in [0.25, 0.3) is 0 Å². The molecule has 19 heteroatoms. The minimum atomic E-state index is -0.963. The third kappa shape index (κ3) is 24.3. The first kappa shape index (κ1) is 67.8. The number of carbonyl (C=O) groups excluding carboxylic acids is 6. The molecular weight excluding hydrogens is 1100 g/mol. The molecule has 460 valence electrons. The zero-order chi connectivity index (χ0) is 61.9. The van der Waals surface area contributed by atoms with E-state index in [2.05, 4.69) is 20.1 Å². The van der Waals surface area contributed by atoms with Gasteiger partial charge in [0.1, 0.15) is 23.0 Å². The Labute approximate surface area is 503 Å². The Kier molecular flexibility index (Phi) is 30.0. The Balaban J connectivity index is 1.15. The molecule has 0 aliphatic carbocycles. The fraction of sp³-hybridized carbons (Fsp3) is 0.403. The lowest BCUT2D eigenvalue weighted by Gasteiger charge is -2.16. The van der Waals surface area contributed by atoms with E-state index >= 15 is 0 Å². The average molecular weight is 1190 g/mol. The molecule has 0 unspecified atom stereocenters. The fourth-order valence-corrected chi connectivity index (χ4v) is 8.76. The van der Waals surface area contributed by atoms with E-state index in [4.69, 9.17) is 48.4 Å². The van der Waals surface area contributed by atoms with Crippen LogP contribution in [-0.2, 0) is 28.5 Å². The van der Waals surface area contributed by atoms with Crippen LogP contribution in [0.3, 0.4) is 0 Å². The van der Waals surface area contributed by atoms with Crippen molar-refractivity contribution in [3.8, 4) is 39.9 Å². The summed E-state index contributed by atoms with van der Waals surface area (Å²) in [6.07, 6.45) is 18.2. The molecule has 86 heavy (non-hydrogen) atoms. The molecule has 0 heterocycles. The summed E-state index contributed by atoms with van der Waals surface area (Å²) in [6.45, 7) is 12.1. The lowest BCUT2D eigenvalue weighted by atomic mass is 10.0. The number of nitro groups is 1. The van der Waals surface area contributed by atoms with Gasteiger partial charge in [0, 0.05) is 42.0 Å². The van der Waals surface area contributed by atoms with Gasteiger partial charge in [0.15, 0.2) is 5.75 Å². The first-order valence-corrected chi connectivity index (χ1v) is 29.5. The first-order chi connectivity index (χ1) is 41.7. The molecule has 0 saturated heterocycles. The Morgan fingerprint density at radius 1 is 0.500 bits per heavy atom. The molecule has 0 amide bonds. The van der Waals surface area contributed by atoms with Crippen molar-refractivity contribution in [1.82, 2.24) is 0 Å². The van der Waals surface area contributed by atoms with Crippen molar-refractivity contribution in [2.24, 2.45) is 0 Å². The van der Waals surface area contributed by atoms with Crippen LogP contribution in [0.4, 0.5) is 11.4 Å². The standard InChI is InChI=1S/C67H80N2O17/c1-5-8-9-18-24-48(4)84-61-47-59(68)57(46-60(61)69(76)77)49-25-27-50(28-26-49)64(72)82-43-23-44-83-66(74)58-45-51(65(73)85-54-34-30-52(31-35-54)78-39-19-14-10-12-16-21-41-80-62(70)6-2)29-38-56(58)67(75)86-55-36-32-53(33-37-55)79-40-20-15-11-13-17-22-42-81-63(71)7-3/h6-7,25-38,45-48H,2-3,5,8-24,39-44,68H2,1,4H3/t48-/m0/s1. The van der Waals surface area contributed by atoms with E-state index in [0.717, 1.165) is 121 Å². The maximum Gasteiger partial charge on any atom is 0.344 e. The highest BCUT2D eigenvalue weighted by Crippen LogP contribution is 2.38. The van der Waals surface area contributed by atoms with Crippen LogP contribution >= 0.6 is 0 Å². The molecule has 0 bridgehead atoms. The second kappa shape index (κ2) is 38.0. The van der Waals surface area contributed by atoms with Gasteiger partial charge in [0.05, 0.1) is 72.9 Å². The van der Waals surface area contributed by atoms with E-state index in [9.17, 15) is 38.9 Å². The highest BCUT2D eigenvalue weighted by molar-refractivity contribution is 6.06. The van der Waals surface area contributed by atoms with Crippen LogP contribution < -0.4 is 29.4 Å². The van der Waals surface area contributed by atoms with Crippen molar-refractivity contribution >= 4 is 47.2 Å². The number of unbranched alkanes of at least 4 members (excludes halogenated alkanes) is 13. The maximum atomic E-state index is 13.8. The normalized spacial score (nSPS) is 11.1. The number of hydrogen-bond acceptors (Lipinski definition) is 18. The molecule has 5 aromatic carbocycles. The molecule has 0 aromatic heterocycles. The van der Waals surface area contributed by atoms with Gasteiger partial charge < -0.3 is 48.4 Å². The van der Waals surface area contributed by atoms with E-state index in [1.54, 1.807) is 60.7 Å². The predicted molar refractivity (Wildman–Crippen MR) is 325 cm³/mol. The summed E-state index contributed by atoms with van der Waals surface area (Å²) in [7, 11) is 0. The number of esters is 6. The SMILES string of the molecule is C=CC(=O)OCCCCCCCCOc1ccc(OC(=O)c2ccc(C(=O)Oc3ccc(OCCCCCCCCOC(=O)C=C)cc3)c(C(=O)OCCCOC(=O)c3ccc(-c4cc([N+](=O)[O-])c(O[C@@H](C)CCCCCC)cc4N)cc3)c2)cc1. The molecule has 0 aliphatic heterocycles. The van der Waals surface area contributed by atoms with E-state index < -0.39 is 40.7 Å². The zero-order valence-corrected chi connectivity index (χ0v) is 49.4. The van der Waals surface area contributed by atoms with Crippen molar-refractivity contribution in [3.63, 3.8) is 0 Å². The summed E-state index contributed by atoms with van der Waals surface area (Å²) < 4.78 is 50.0. The summed E-state index contributed by atoms with van der Waals surface area (Å²) in [5.41, 5.74) is 6.97. The number of nitrogens with zero attached hydrogens (tertiary/aromatic N) is 1. The van der Waals surface area contributed by atoms with Gasteiger partial charge in [-0.15, -0.1) is 0 Å². The summed E-state index contributed by atoms with van der Waals surface area (Å²) in [5.74, 6) is -2.61. The molecule has 0 spiro atoms. The van der Waals surface area contributed by atoms with Crippen LogP contribution in [0.1, 0.15) is 171 Å². The maximum absolute atomic E-state index is 13.8. The number of benzene rings is 5. The lowest BCUT2D eigenvalue weighted by Crippen LogP contribution is -2.19. The van der Waals surface area contributed by atoms with Crippen LogP contribution in [0.25, 0.3) is 11.1 Å². The molecule has 19 nitrogen and oxygen atoms in total. The number of ether oxygens (including phenoxy) is 9. The number of anilines is 1. The Morgan fingerprint density at radius 2 is 0.965 bits per heavy atom. The van der Waals surface area contributed by atoms with Crippen LogP contribution in [0, 0.1) is 10.1 Å². The quantitative estimate of drug-likeness (QED) is 0.00558. The van der Waals surface area contributed by atoms with E-state index in [1.807, 2.05) is 6.92 Å². The lowest BCUT2D eigenvalue weighted by molar-refractivity contribution is -0.386. The number of nitrogen functional groups attached to an aromatic ring is 1. The molecule has 0 radical (unpaired) electrons. The summed E-state index contributed by atoms with van der Waals surface area (Å²) in [4.78, 5) is 88.0. The van der Waals surface area contributed by atoms with Gasteiger partial charge in [-0.1, -0.05) is 103 Å². The van der Waals surface area contributed by atoms with Crippen LogP contribution in [0.5, 0.6) is 28.7 Å². The third-order valence-electron chi connectivity index (χ3n) is 13.5. The molecular formula is C67H80N2O17. The van der Waals surface area contributed by atoms with E-state index in [1.165, 1.54) is 42.5 Å². The van der Waals surface area contributed by atoms with Gasteiger partial charge in [-0.05, 0) is 130 Å². The second-order valence-electron chi connectivity index (χ2n) is 20.3. The van der Waals surface area contributed by atoms with Crippen molar-refractivity contribution in [2.75, 3.05) is 45.4 Å². The first-order valence-electron chi connectivity index (χ1n) is 29.5. The van der Waals surface area contributed by atoms with Crippen LogP contribution in [0.15, 0.2) is 128 Å². The van der Waals surface area contributed by atoms with Crippen molar-refractivity contribution in [1.29, 1.82) is 0 Å². The predicted octanol–water partition coefficient (Wildman–Crippen LogP) is 14.3. The molecule has 0 fully saturated rings. The number of carbonyl (C=O) groups is 6. The Hall–Kier alpha value is -9.00. The van der Waals surface area contributed by atoms with Gasteiger partial charge in [-0.2, -0.15) is 0 Å². The van der Waals surface area contributed by atoms with Crippen molar-refractivity contribution in [2.45, 2.75) is 136 Å². The summed E-state index contributed by atoms with van der Waals surface area (Å²) >= 11 is 0. The minimum absolute atomic E-state index is 0.0613. The summed E-state index contributed by atoms with van der Waals surface area (Å²) in [6, 6.07) is 25.7. The second-order valence-corrected chi connectivity index (χ2v) is 20.3. The molecule has 5 rings (SSSR count). The van der Waals surface area contributed by atoms with Crippen molar-refractivity contribution < 1.29 is 76.3 Å². The largest absolute Gasteiger partial charge is 0.494 e. The van der Waals surface area contributed by atoms with Crippen LogP contribution in [0.2, 0.25) is 0 Å². The monoisotopic (exact) mass is 1180 g/mol. The molecule has 0 saturated carbocycles. The molecule has 1 atom stereocenters. The zero-order valence-electron chi connectivity index (χ0n) is 49.4. The van der Waals surface area contributed by atoms with Gasteiger partial charge >= 0.3 is 41.5 Å². The van der Waals surface area contributed by atoms with Crippen LogP contribution in [-0.4, -0.2) is 86.5 Å². The summed E-state index contributed by atoms with van der Waals surface area (Å²) in [5, 5.41) is 12.1. The Morgan fingerprint density at radius 3 is 1.49 bits per heavy atom. The number of nitrogens with two attached hydrogens (primary N) is 1. The number of rotatable bonds is 41. The highest BCUT2D eigenvalue weighted by atomic mass is 16.6. The molecule has 2 N–H and O–H groups in total. The molecule has 0 aliphatic rings.